The van der Waals surface area contributed by atoms with Crippen LogP contribution in [0, 0.1) is 11.2 Å². The van der Waals surface area contributed by atoms with E-state index in [4.69, 9.17) is 0 Å². The minimum Gasteiger partial charge on any atom is -0.255 e. The maximum atomic E-state index is 3.71. The molecule has 0 rings (SSSR count). The summed E-state index contributed by atoms with van der Waals surface area (Å²) in [6.45, 7) is 25.4. The van der Waals surface area contributed by atoms with Gasteiger partial charge in [0.15, 0.2) is 0 Å². The predicted molar refractivity (Wildman–Crippen MR) is 102 cm³/mol. The van der Waals surface area contributed by atoms with E-state index in [1.807, 2.05) is 0 Å². The van der Waals surface area contributed by atoms with E-state index in [1.54, 1.807) is 0 Å². The molecule has 0 radical (unpaired) electrons. The van der Waals surface area contributed by atoms with Crippen molar-refractivity contribution in [1.82, 2.24) is 9.34 Å². The van der Waals surface area contributed by atoms with E-state index in [2.05, 4.69) is 95.6 Å². The standard InChI is InChI=1S/C17H37N2PSi/c1-14(2)18(15(3)4)20(12-13-21(9,10)11)19(16(5)6)17(7)8/h14-17H,1-11H3. The highest BCUT2D eigenvalue weighted by Crippen LogP contribution is 2.48. The van der Waals surface area contributed by atoms with Gasteiger partial charge >= 0.3 is 0 Å². The van der Waals surface area contributed by atoms with Crippen molar-refractivity contribution in [2.75, 3.05) is 0 Å². The summed E-state index contributed by atoms with van der Waals surface area (Å²) < 4.78 is 5.23. The molecule has 21 heavy (non-hydrogen) atoms. The maximum Gasteiger partial charge on any atom is 0.129 e. The molecule has 0 saturated heterocycles. The Labute approximate surface area is 136 Å². The Kier molecular flexibility index (Phi) is 8.73. The highest BCUT2D eigenvalue weighted by atomic mass is 31.1. The van der Waals surface area contributed by atoms with Crippen LogP contribution in [-0.4, -0.2) is 41.6 Å². The van der Waals surface area contributed by atoms with Gasteiger partial charge in [0.05, 0.1) is 0 Å². The third-order valence-corrected chi connectivity index (χ3v) is 7.20. The second-order valence-corrected chi connectivity index (χ2v) is 14.4. The van der Waals surface area contributed by atoms with E-state index in [-0.39, 0.29) is 0 Å². The first-order chi connectivity index (χ1) is 9.38. The van der Waals surface area contributed by atoms with Gasteiger partial charge in [-0.3, -0.25) is 9.34 Å². The first-order valence-corrected chi connectivity index (χ1v) is 13.0. The average Bonchev–Trinajstić information content (AvgIpc) is 2.22. The molecular weight excluding hydrogens is 291 g/mol. The first kappa shape index (κ1) is 21.1. The second-order valence-electron chi connectivity index (χ2n) is 7.91. The molecule has 0 heterocycles. The van der Waals surface area contributed by atoms with Gasteiger partial charge in [0.2, 0.25) is 0 Å². The minimum absolute atomic E-state index is 0.520. The van der Waals surface area contributed by atoms with Crippen molar-refractivity contribution in [2.45, 2.75) is 99.2 Å². The zero-order valence-electron chi connectivity index (χ0n) is 16.2. The van der Waals surface area contributed by atoms with Crippen LogP contribution < -0.4 is 0 Å². The molecule has 0 aliphatic heterocycles. The summed E-state index contributed by atoms with van der Waals surface area (Å²) in [4.78, 5) is 0. The van der Waals surface area contributed by atoms with Crippen molar-refractivity contribution >= 4 is 16.3 Å². The molecule has 0 aromatic rings. The normalized spacial score (nSPS) is 13.2. The van der Waals surface area contributed by atoms with Crippen LogP contribution >= 0.6 is 8.22 Å². The monoisotopic (exact) mass is 328 g/mol. The summed E-state index contributed by atoms with van der Waals surface area (Å²) >= 11 is 0. The molecule has 0 amide bonds. The van der Waals surface area contributed by atoms with Gasteiger partial charge in [0.25, 0.3) is 0 Å². The van der Waals surface area contributed by atoms with Crippen molar-refractivity contribution in [3.8, 4) is 11.2 Å². The summed E-state index contributed by atoms with van der Waals surface area (Å²) in [5.41, 5.74) is 7.35. The molecule has 0 bridgehead atoms. The fourth-order valence-corrected chi connectivity index (χ4v) is 6.48. The molecule has 0 saturated carbocycles. The van der Waals surface area contributed by atoms with E-state index in [0.717, 1.165) is 0 Å². The zero-order chi connectivity index (χ0) is 17.0. The van der Waals surface area contributed by atoms with Gasteiger partial charge in [-0.05, 0) is 55.4 Å². The van der Waals surface area contributed by atoms with Crippen LogP contribution in [0.1, 0.15) is 55.4 Å². The van der Waals surface area contributed by atoms with Gasteiger partial charge < -0.3 is 0 Å². The zero-order valence-corrected chi connectivity index (χ0v) is 18.0. The number of hydrogen-bond donors (Lipinski definition) is 0. The summed E-state index contributed by atoms with van der Waals surface area (Å²) in [7, 11) is -1.92. The van der Waals surface area contributed by atoms with Crippen LogP contribution in [-0.2, 0) is 0 Å². The average molecular weight is 329 g/mol. The Bertz CT molecular complexity index is 325. The predicted octanol–water partition coefficient (Wildman–Crippen LogP) is 5.37. The first-order valence-electron chi connectivity index (χ1n) is 8.28. The molecule has 0 spiro atoms. The lowest BCUT2D eigenvalue weighted by atomic mass is 10.3. The van der Waals surface area contributed by atoms with Crippen molar-refractivity contribution in [1.29, 1.82) is 0 Å². The van der Waals surface area contributed by atoms with Gasteiger partial charge in [0, 0.05) is 24.2 Å². The van der Waals surface area contributed by atoms with Crippen LogP contribution in [0.4, 0.5) is 0 Å². The highest BCUT2D eigenvalue weighted by Gasteiger charge is 2.31. The lowest BCUT2D eigenvalue weighted by Gasteiger charge is -2.44. The number of nitrogens with zero attached hydrogens (tertiary/aromatic N) is 2. The summed E-state index contributed by atoms with van der Waals surface area (Å²) in [6.07, 6.45) is 0. The molecule has 0 aromatic heterocycles. The van der Waals surface area contributed by atoms with Crippen molar-refractivity contribution in [2.24, 2.45) is 0 Å². The van der Waals surface area contributed by atoms with Crippen LogP contribution in [0.15, 0.2) is 0 Å². The molecule has 0 aliphatic carbocycles. The largest absolute Gasteiger partial charge is 0.255 e. The Morgan fingerprint density at radius 2 is 0.952 bits per heavy atom. The molecule has 4 heteroatoms. The Hall–Kier alpha value is 0.127. The SMILES string of the molecule is CC(C)N(C(C)C)P(C#C[Si](C)(C)C)N(C(C)C)C(C)C. The molecule has 0 aliphatic rings. The van der Waals surface area contributed by atoms with Gasteiger partial charge in [-0.25, -0.2) is 0 Å². The lowest BCUT2D eigenvalue weighted by Crippen LogP contribution is -2.42. The molecule has 0 aromatic carbocycles. The highest BCUT2D eigenvalue weighted by molar-refractivity contribution is 7.58. The molecule has 0 atom stereocenters. The Balaban J connectivity index is 5.78. The molecule has 0 N–H and O–H groups in total. The van der Waals surface area contributed by atoms with Gasteiger partial charge in [-0.15, -0.1) is 5.54 Å². The van der Waals surface area contributed by atoms with Gasteiger partial charge in [-0.1, -0.05) is 25.3 Å². The molecule has 0 unspecified atom stereocenters. The number of rotatable bonds is 6. The third-order valence-electron chi connectivity index (χ3n) is 3.08. The fraction of sp³-hybridized carbons (Fsp3) is 0.882. The van der Waals surface area contributed by atoms with Crippen molar-refractivity contribution < 1.29 is 0 Å². The van der Waals surface area contributed by atoms with E-state index < -0.39 is 16.3 Å². The Morgan fingerprint density at radius 3 is 1.14 bits per heavy atom. The van der Waals surface area contributed by atoms with Crippen LogP contribution in [0.5, 0.6) is 0 Å². The smallest absolute Gasteiger partial charge is 0.129 e. The third kappa shape index (κ3) is 7.29. The van der Waals surface area contributed by atoms with Crippen molar-refractivity contribution in [3.63, 3.8) is 0 Å². The molecule has 0 fully saturated rings. The van der Waals surface area contributed by atoms with Crippen LogP contribution in [0.2, 0.25) is 19.6 Å². The summed E-state index contributed by atoms with van der Waals surface area (Å²) in [5, 5.41) is 0. The molecule has 124 valence electrons. The lowest BCUT2D eigenvalue weighted by molar-refractivity contribution is 0.261. The van der Waals surface area contributed by atoms with Crippen LogP contribution in [0.3, 0.4) is 0 Å². The van der Waals surface area contributed by atoms with Crippen molar-refractivity contribution in [3.05, 3.63) is 0 Å². The number of hydrogen-bond acceptors (Lipinski definition) is 2. The van der Waals surface area contributed by atoms with E-state index in [1.165, 1.54) is 0 Å². The van der Waals surface area contributed by atoms with Gasteiger partial charge in [0.1, 0.15) is 16.3 Å². The topological polar surface area (TPSA) is 6.48 Å². The summed E-state index contributed by atoms with van der Waals surface area (Å²) in [5.74, 6) is 0. The minimum atomic E-state index is -1.35. The Morgan fingerprint density at radius 1 is 0.667 bits per heavy atom. The van der Waals surface area contributed by atoms with E-state index in [9.17, 15) is 0 Å². The quantitative estimate of drug-likeness (QED) is 0.367. The van der Waals surface area contributed by atoms with Crippen LogP contribution in [0.25, 0.3) is 0 Å². The van der Waals surface area contributed by atoms with Gasteiger partial charge in [-0.2, -0.15) is 0 Å². The molecular formula is C17H37N2PSi. The van der Waals surface area contributed by atoms with E-state index >= 15 is 0 Å². The maximum absolute atomic E-state index is 3.71. The summed E-state index contributed by atoms with van der Waals surface area (Å²) in [6, 6.07) is 2.08. The van der Waals surface area contributed by atoms with E-state index in [0.29, 0.717) is 24.2 Å². The molecule has 2 nitrogen and oxygen atoms in total. The fourth-order valence-electron chi connectivity index (χ4n) is 2.52. The second kappa shape index (κ2) is 8.68.